The van der Waals surface area contributed by atoms with Crippen molar-refractivity contribution in [1.82, 2.24) is 10.2 Å². The molecule has 0 radical (unpaired) electrons. The van der Waals surface area contributed by atoms with E-state index in [1.807, 2.05) is 6.92 Å². The molecule has 2 fully saturated rings. The van der Waals surface area contributed by atoms with Crippen molar-refractivity contribution < 1.29 is 9.84 Å². The molecular formula is C17H34N2O2. The lowest BCUT2D eigenvalue weighted by atomic mass is 9.79. The second kappa shape index (κ2) is 7.91. The van der Waals surface area contributed by atoms with Gasteiger partial charge in [0.1, 0.15) is 0 Å². The van der Waals surface area contributed by atoms with Crippen LogP contribution in [0.15, 0.2) is 0 Å². The van der Waals surface area contributed by atoms with E-state index in [1.54, 1.807) is 0 Å². The zero-order chi connectivity index (χ0) is 15.3. The molecule has 0 bridgehead atoms. The molecule has 2 saturated heterocycles. The lowest BCUT2D eigenvalue weighted by Gasteiger charge is -2.40. The zero-order valence-electron chi connectivity index (χ0n) is 14.1. The highest BCUT2D eigenvalue weighted by Crippen LogP contribution is 2.33. The minimum atomic E-state index is -0.167. The first-order chi connectivity index (χ1) is 10.0. The number of likely N-dealkylation sites (tertiary alicyclic amines) is 1. The van der Waals surface area contributed by atoms with E-state index in [0.29, 0.717) is 17.3 Å². The number of aliphatic hydroxyl groups excluding tert-OH is 1. The average Bonchev–Trinajstić information content (AvgIpc) is 2.88. The first-order valence-corrected chi connectivity index (χ1v) is 8.70. The highest BCUT2D eigenvalue weighted by molar-refractivity contribution is 4.90. The van der Waals surface area contributed by atoms with Gasteiger partial charge in [-0.3, -0.25) is 0 Å². The predicted molar refractivity (Wildman–Crippen MR) is 86.4 cm³/mol. The molecule has 21 heavy (non-hydrogen) atoms. The van der Waals surface area contributed by atoms with Crippen LogP contribution >= 0.6 is 0 Å². The van der Waals surface area contributed by atoms with Crippen molar-refractivity contribution in [2.45, 2.75) is 46.1 Å². The van der Waals surface area contributed by atoms with Gasteiger partial charge in [0.25, 0.3) is 0 Å². The molecular weight excluding hydrogens is 264 g/mol. The molecule has 0 aromatic rings. The Morgan fingerprint density at radius 3 is 2.57 bits per heavy atom. The van der Waals surface area contributed by atoms with Gasteiger partial charge >= 0.3 is 0 Å². The van der Waals surface area contributed by atoms with Crippen LogP contribution in [0.4, 0.5) is 0 Å². The summed E-state index contributed by atoms with van der Waals surface area (Å²) in [6.45, 7) is 13.8. The van der Waals surface area contributed by atoms with E-state index in [4.69, 9.17) is 4.74 Å². The quantitative estimate of drug-likeness (QED) is 0.751. The van der Waals surface area contributed by atoms with E-state index < -0.39 is 0 Å². The Kier molecular flexibility index (Phi) is 6.48. The van der Waals surface area contributed by atoms with Crippen LogP contribution in [0.5, 0.6) is 0 Å². The Bertz CT molecular complexity index is 301. The highest BCUT2D eigenvalue weighted by Gasteiger charge is 2.36. The Balaban J connectivity index is 1.87. The largest absolute Gasteiger partial charge is 0.393 e. The van der Waals surface area contributed by atoms with Crippen molar-refractivity contribution in [1.29, 1.82) is 0 Å². The molecule has 0 saturated carbocycles. The predicted octanol–water partition coefficient (Wildman–Crippen LogP) is 1.73. The minimum absolute atomic E-state index is 0.167. The summed E-state index contributed by atoms with van der Waals surface area (Å²) >= 11 is 0. The number of hydrogen-bond donors (Lipinski definition) is 2. The lowest BCUT2D eigenvalue weighted by Crippen LogP contribution is -2.47. The molecule has 0 aromatic heterocycles. The van der Waals surface area contributed by atoms with Gasteiger partial charge in [-0.25, -0.2) is 0 Å². The topological polar surface area (TPSA) is 44.7 Å². The van der Waals surface area contributed by atoms with Crippen LogP contribution in [0.3, 0.4) is 0 Å². The van der Waals surface area contributed by atoms with Gasteiger partial charge < -0.3 is 20.1 Å². The molecule has 0 aliphatic carbocycles. The summed E-state index contributed by atoms with van der Waals surface area (Å²) in [5.74, 6) is 1.17. The molecule has 4 nitrogen and oxygen atoms in total. The van der Waals surface area contributed by atoms with Crippen LogP contribution in [-0.4, -0.2) is 62.0 Å². The fraction of sp³-hybridized carbons (Fsp3) is 1.00. The molecule has 2 unspecified atom stereocenters. The van der Waals surface area contributed by atoms with Gasteiger partial charge in [0.2, 0.25) is 0 Å². The van der Waals surface area contributed by atoms with Gasteiger partial charge in [0.15, 0.2) is 0 Å². The number of aliphatic hydroxyl groups is 1. The van der Waals surface area contributed by atoms with Crippen molar-refractivity contribution in [2.24, 2.45) is 17.3 Å². The number of rotatable bonds is 7. The van der Waals surface area contributed by atoms with Gasteiger partial charge in [0, 0.05) is 32.8 Å². The van der Waals surface area contributed by atoms with Crippen molar-refractivity contribution in [3.63, 3.8) is 0 Å². The van der Waals surface area contributed by atoms with Crippen LogP contribution < -0.4 is 5.32 Å². The normalized spacial score (nSPS) is 28.1. The first-order valence-electron chi connectivity index (χ1n) is 8.70. The SMILES string of the molecule is CC(C)CNCC1(CN2CCC(C(C)O)C2)CCOCC1. The minimum Gasteiger partial charge on any atom is -0.393 e. The molecule has 0 spiro atoms. The summed E-state index contributed by atoms with van der Waals surface area (Å²) in [5.41, 5.74) is 0.362. The summed E-state index contributed by atoms with van der Waals surface area (Å²) < 4.78 is 5.59. The summed E-state index contributed by atoms with van der Waals surface area (Å²) in [6.07, 6.45) is 3.30. The third-order valence-electron chi connectivity index (χ3n) is 5.16. The van der Waals surface area contributed by atoms with Crippen molar-refractivity contribution >= 4 is 0 Å². The number of nitrogens with zero attached hydrogens (tertiary/aromatic N) is 1. The fourth-order valence-electron chi connectivity index (χ4n) is 3.70. The summed E-state index contributed by atoms with van der Waals surface area (Å²) in [5, 5.41) is 13.5. The first kappa shape index (κ1) is 17.2. The van der Waals surface area contributed by atoms with E-state index in [9.17, 15) is 5.11 Å². The maximum Gasteiger partial charge on any atom is 0.0552 e. The van der Waals surface area contributed by atoms with E-state index in [1.165, 1.54) is 0 Å². The molecule has 2 aliphatic heterocycles. The van der Waals surface area contributed by atoms with E-state index in [-0.39, 0.29) is 6.10 Å². The number of ether oxygens (including phenoxy) is 1. The van der Waals surface area contributed by atoms with Gasteiger partial charge in [-0.15, -0.1) is 0 Å². The van der Waals surface area contributed by atoms with Gasteiger partial charge in [-0.05, 0) is 56.5 Å². The van der Waals surface area contributed by atoms with E-state index in [2.05, 4.69) is 24.1 Å². The maximum absolute atomic E-state index is 9.78. The Labute approximate surface area is 130 Å². The third kappa shape index (κ3) is 5.20. The lowest BCUT2D eigenvalue weighted by molar-refractivity contribution is -0.00265. The second-order valence-corrected chi connectivity index (χ2v) is 7.66. The second-order valence-electron chi connectivity index (χ2n) is 7.66. The smallest absolute Gasteiger partial charge is 0.0552 e. The summed E-state index contributed by atoms with van der Waals surface area (Å²) in [6, 6.07) is 0. The summed E-state index contributed by atoms with van der Waals surface area (Å²) in [4.78, 5) is 2.57. The molecule has 124 valence electrons. The monoisotopic (exact) mass is 298 g/mol. The zero-order valence-corrected chi connectivity index (χ0v) is 14.1. The van der Waals surface area contributed by atoms with Crippen LogP contribution in [0.25, 0.3) is 0 Å². The number of nitrogens with one attached hydrogen (secondary N) is 1. The van der Waals surface area contributed by atoms with E-state index >= 15 is 0 Å². The Hall–Kier alpha value is -0.160. The molecule has 2 N–H and O–H groups in total. The Morgan fingerprint density at radius 1 is 1.29 bits per heavy atom. The highest BCUT2D eigenvalue weighted by atomic mass is 16.5. The van der Waals surface area contributed by atoms with Crippen molar-refractivity contribution in [3.8, 4) is 0 Å². The van der Waals surface area contributed by atoms with Crippen molar-refractivity contribution in [2.75, 3.05) is 45.9 Å². The molecule has 2 heterocycles. The third-order valence-corrected chi connectivity index (χ3v) is 5.16. The maximum atomic E-state index is 9.78. The van der Waals surface area contributed by atoms with Crippen LogP contribution in [-0.2, 0) is 4.74 Å². The number of hydrogen-bond acceptors (Lipinski definition) is 4. The van der Waals surface area contributed by atoms with E-state index in [0.717, 1.165) is 65.2 Å². The molecule has 0 amide bonds. The van der Waals surface area contributed by atoms with Crippen LogP contribution in [0.2, 0.25) is 0 Å². The van der Waals surface area contributed by atoms with Crippen molar-refractivity contribution in [3.05, 3.63) is 0 Å². The average molecular weight is 298 g/mol. The Morgan fingerprint density at radius 2 is 2.00 bits per heavy atom. The van der Waals surface area contributed by atoms with Gasteiger partial charge in [0.05, 0.1) is 6.10 Å². The molecule has 2 rings (SSSR count). The molecule has 2 atom stereocenters. The van der Waals surface area contributed by atoms with Crippen LogP contribution in [0.1, 0.15) is 40.0 Å². The van der Waals surface area contributed by atoms with Crippen LogP contribution in [0, 0.1) is 17.3 Å². The standard InChI is InChI=1S/C17H34N2O2/c1-14(2)10-18-12-17(5-8-21-9-6-17)13-19-7-4-16(11-19)15(3)20/h14-16,18,20H,4-13H2,1-3H3. The summed E-state index contributed by atoms with van der Waals surface area (Å²) in [7, 11) is 0. The molecule has 0 aromatic carbocycles. The van der Waals surface area contributed by atoms with Gasteiger partial charge in [-0.1, -0.05) is 13.8 Å². The van der Waals surface area contributed by atoms with Gasteiger partial charge in [-0.2, -0.15) is 0 Å². The molecule has 2 aliphatic rings. The molecule has 4 heteroatoms. The fourth-order valence-corrected chi connectivity index (χ4v) is 3.70.